The lowest BCUT2D eigenvalue weighted by molar-refractivity contribution is 0.500. The van der Waals surface area contributed by atoms with E-state index in [0.717, 1.165) is 35.4 Å². The molecule has 4 N–H and O–H groups in total. The van der Waals surface area contributed by atoms with Crippen molar-refractivity contribution in [1.82, 2.24) is 14.8 Å². The second-order valence-electron chi connectivity index (χ2n) is 5.58. The third kappa shape index (κ3) is 3.31. The maximum Gasteiger partial charge on any atom is 0.0603 e. The molecule has 0 aromatic carbocycles. The van der Waals surface area contributed by atoms with Crippen molar-refractivity contribution in [3.8, 4) is 0 Å². The fourth-order valence-corrected chi connectivity index (χ4v) is 2.43. The number of allylic oxidation sites excluding steroid dienone is 5. The zero-order valence-electron chi connectivity index (χ0n) is 13.8. The predicted octanol–water partition coefficient (Wildman–Crippen LogP) is 2.73. The number of nitrogens with two attached hydrogens (primary N) is 2. The highest BCUT2D eigenvalue weighted by Crippen LogP contribution is 2.22. The van der Waals surface area contributed by atoms with Crippen LogP contribution in [0.4, 0.5) is 0 Å². The van der Waals surface area contributed by atoms with Crippen LogP contribution in [0.3, 0.4) is 0 Å². The minimum Gasteiger partial charge on any atom is -0.397 e. The zero-order chi connectivity index (χ0) is 16.3. The van der Waals surface area contributed by atoms with Gasteiger partial charge in [0, 0.05) is 24.5 Å². The van der Waals surface area contributed by atoms with Crippen LogP contribution >= 0.6 is 0 Å². The smallest absolute Gasteiger partial charge is 0.0603 e. The molecule has 0 saturated heterocycles. The number of hydrazine groups is 1. The van der Waals surface area contributed by atoms with E-state index in [0.29, 0.717) is 5.70 Å². The Morgan fingerprint density at radius 2 is 2.14 bits per heavy atom. The highest BCUT2D eigenvalue weighted by atomic mass is 15.4. The number of aromatic nitrogens is 2. The van der Waals surface area contributed by atoms with E-state index in [1.54, 1.807) is 22.1 Å². The molecule has 22 heavy (non-hydrogen) atoms. The lowest BCUT2D eigenvalue weighted by atomic mass is 10.1. The molecule has 0 atom stereocenters. The van der Waals surface area contributed by atoms with Gasteiger partial charge in [-0.25, -0.2) is 5.84 Å². The Bertz CT molecular complexity index is 673. The highest BCUT2D eigenvalue weighted by molar-refractivity contribution is 5.63. The zero-order valence-corrected chi connectivity index (χ0v) is 13.8. The van der Waals surface area contributed by atoms with Crippen molar-refractivity contribution in [1.29, 1.82) is 0 Å². The first kappa shape index (κ1) is 16.1. The summed E-state index contributed by atoms with van der Waals surface area (Å²) in [5.74, 6) is 6.21. The van der Waals surface area contributed by atoms with Crippen LogP contribution in [0.1, 0.15) is 37.9 Å². The van der Waals surface area contributed by atoms with E-state index >= 15 is 0 Å². The van der Waals surface area contributed by atoms with Crippen molar-refractivity contribution < 1.29 is 0 Å². The molecule has 1 aliphatic carbocycles. The predicted molar refractivity (Wildman–Crippen MR) is 91.0 cm³/mol. The number of aryl methyl sites for hydroxylation is 1. The summed E-state index contributed by atoms with van der Waals surface area (Å²) >= 11 is 0. The summed E-state index contributed by atoms with van der Waals surface area (Å²) in [5, 5.41) is 5.81. The number of hydrogen-bond acceptors (Lipinski definition) is 4. The van der Waals surface area contributed by atoms with Crippen molar-refractivity contribution in [2.24, 2.45) is 18.6 Å². The molecule has 0 spiro atoms. The van der Waals surface area contributed by atoms with E-state index in [1.807, 2.05) is 14.0 Å². The third-order valence-corrected chi connectivity index (χ3v) is 4.09. The standard InChI is InChI=1S/C17H25N5/c1-5-14-7-6-12(2)17(9-8-14)22(19)11-16(18)15-10-20-21(4)13(15)3/h6-7,9-11H,5,8,18-19H2,1-4H3/b16-11-. The van der Waals surface area contributed by atoms with Crippen LogP contribution in [-0.2, 0) is 7.05 Å². The average Bonchev–Trinajstić information content (AvgIpc) is 2.71. The van der Waals surface area contributed by atoms with Crippen molar-refractivity contribution in [2.75, 3.05) is 0 Å². The second-order valence-corrected chi connectivity index (χ2v) is 5.58. The van der Waals surface area contributed by atoms with Gasteiger partial charge < -0.3 is 5.73 Å². The average molecular weight is 299 g/mol. The molecular formula is C17H25N5. The SMILES string of the molecule is CCC1=CC=C(C)C(N(N)/C=C(\N)c2cnn(C)c2C)=CC1. The fourth-order valence-electron chi connectivity index (χ4n) is 2.43. The van der Waals surface area contributed by atoms with Crippen LogP contribution in [-0.4, -0.2) is 14.8 Å². The molecule has 2 rings (SSSR count). The van der Waals surface area contributed by atoms with Crippen LogP contribution in [0.2, 0.25) is 0 Å². The Morgan fingerprint density at radius 3 is 2.73 bits per heavy atom. The van der Waals surface area contributed by atoms with Crippen LogP contribution in [0.5, 0.6) is 0 Å². The summed E-state index contributed by atoms with van der Waals surface area (Å²) in [7, 11) is 1.89. The van der Waals surface area contributed by atoms with Gasteiger partial charge in [0.1, 0.15) is 0 Å². The molecule has 0 aliphatic heterocycles. The van der Waals surface area contributed by atoms with Crippen LogP contribution in [0.15, 0.2) is 47.5 Å². The van der Waals surface area contributed by atoms with Crippen molar-refractivity contribution >= 4 is 5.70 Å². The van der Waals surface area contributed by atoms with Gasteiger partial charge in [-0.2, -0.15) is 5.10 Å². The quantitative estimate of drug-likeness (QED) is 0.662. The molecular weight excluding hydrogens is 274 g/mol. The molecule has 1 aromatic heterocycles. The van der Waals surface area contributed by atoms with Gasteiger partial charge in [0.2, 0.25) is 0 Å². The first-order chi connectivity index (χ1) is 10.4. The summed E-state index contributed by atoms with van der Waals surface area (Å²) in [6.45, 7) is 6.20. The molecule has 5 heteroatoms. The van der Waals surface area contributed by atoms with Crippen molar-refractivity contribution in [2.45, 2.75) is 33.6 Å². The molecule has 118 valence electrons. The molecule has 1 aromatic rings. The number of nitrogens with zero attached hydrogens (tertiary/aromatic N) is 3. The molecule has 1 aliphatic rings. The van der Waals surface area contributed by atoms with Gasteiger partial charge in [0.05, 0.1) is 17.6 Å². The van der Waals surface area contributed by atoms with Crippen molar-refractivity contribution in [3.63, 3.8) is 0 Å². The molecule has 5 nitrogen and oxygen atoms in total. The van der Waals surface area contributed by atoms with E-state index in [-0.39, 0.29) is 0 Å². The Balaban J connectivity index is 2.25. The minimum atomic E-state index is 0.606. The first-order valence-electron chi connectivity index (χ1n) is 7.51. The van der Waals surface area contributed by atoms with Crippen LogP contribution in [0, 0.1) is 6.92 Å². The van der Waals surface area contributed by atoms with Gasteiger partial charge in [-0.15, -0.1) is 0 Å². The lowest BCUT2D eigenvalue weighted by Crippen LogP contribution is -2.26. The van der Waals surface area contributed by atoms with Gasteiger partial charge in [-0.1, -0.05) is 30.7 Å². The molecule has 0 amide bonds. The second kappa shape index (κ2) is 6.66. The summed E-state index contributed by atoms with van der Waals surface area (Å²) in [6.07, 6.45) is 11.9. The van der Waals surface area contributed by atoms with E-state index in [1.165, 1.54) is 5.57 Å². The van der Waals surface area contributed by atoms with E-state index < -0.39 is 0 Å². The van der Waals surface area contributed by atoms with Crippen LogP contribution in [0.25, 0.3) is 5.70 Å². The third-order valence-electron chi connectivity index (χ3n) is 4.09. The normalized spacial score (nSPS) is 15.9. The molecule has 0 saturated carbocycles. The molecule has 0 bridgehead atoms. The number of rotatable bonds is 4. The van der Waals surface area contributed by atoms with Gasteiger partial charge in [-0.3, -0.25) is 9.69 Å². The first-order valence-corrected chi connectivity index (χ1v) is 7.51. The summed E-state index contributed by atoms with van der Waals surface area (Å²) in [5.41, 5.74) is 12.2. The minimum absolute atomic E-state index is 0.606. The topological polar surface area (TPSA) is 73.1 Å². The number of hydrogen-bond donors (Lipinski definition) is 2. The van der Waals surface area contributed by atoms with Gasteiger partial charge in [-0.05, 0) is 32.3 Å². The Labute approximate surface area is 132 Å². The lowest BCUT2D eigenvalue weighted by Gasteiger charge is -2.19. The Morgan fingerprint density at radius 1 is 1.41 bits per heavy atom. The summed E-state index contributed by atoms with van der Waals surface area (Å²) < 4.78 is 1.80. The van der Waals surface area contributed by atoms with Gasteiger partial charge >= 0.3 is 0 Å². The fraction of sp³-hybridized carbons (Fsp3) is 0.353. The van der Waals surface area contributed by atoms with Crippen molar-refractivity contribution in [3.05, 3.63) is 58.7 Å². The molecule has 0 radical (unpaired) electrons. The highest BCUT2D eigenvalue weighted by Gasteiger charge is 2.11. The van der Waals surface area contributed by atoms with Gasteiger partial charge in [0.15, 0.2) is 0 Å². The van der Waals surface area contributed by atoms with Crippen LogP contribution < -0.4 is 11.6 Å². The van der Waals surface area contributed by atoms with E-state index in [9.17, 15) is 0 Å². The molecule has 0 fully saturated rings. The van der Waals surface area contributed by atoms with Gasteiger partial charge in [0.25, 0.3) is 0 Å². The van der Waals surface area contributed by atoms with E-state index in [2.05, 4.69) is 37.2 Å². The maximum atomic E-state index is 6.21. The monoisotopic (exact) mass is 299 g/mol. The summed E-state index contributed by atoms with van der Waals surface area (Å²) in [6, 6.07) is 0. The van der Waals surface area contributed by atoms with E-state index in [4.69, 9.17) is 11.6 Å². The Kier molecular flexibility index (Phi) is 4.88. The molecule has 0 unspecified atom stereocenters. The maximum absolute atomic E-state index is 6.21. The Hall–Kier alpha value is -2.27. The summed E-state index contributed by atoms with van der Waals surface area (Å²) in [4.78, 5) is 0. The largest absolute Gasteiger partial charge is 0.397 e. The molecule has 1 heterocycles.